The van der Waals surface area contributed by atoms with Crippen LogP contribution in [0.4, 0.5) is 0 Å². The van der Waals surface area contributed by atoms with Gasteiger partial charge >= 0.3 is 23.9 Å². The Hall–Kier alpha value is -1.69. The third-order valence-corrected chi connectivity index (χ3v) is 19.3. The van der Waals surface area contributed by atoms with Crippen LogP contribution in [0.5, 0.6) is 0 Å². The average Bonchev–Trinajstić information content (AvgIpc) is 0.916. The molecule has 0 spiro atoms. The van der Waals surface area contributed by atoms with E-state index in [-0.39, 0.29) is 110 Å². The summed E-state index contributed by atoms with van der Waals surface area (Å²) in [5.41, 5.74) is 8.36. The molecule has 0 bridgehead atoms. The summed E-state index contributed by atoms with van der Waals surface area (Å²) < 4.78 is 63.2. The van der Waals surface area contributed by atoms with Gasteiger partial charge in [0.2, 0.25) is 5.91 Å². The van der Waals surface area contributed by atoms with Crippen molar-refractivity contribution in [3.8, 4) is 0 Å². The number of carbonyl (C=O) groups excluding carboxylic acids is 5. The number of allylic oxidation sites excluding steroid dienone is 6. The Morgan fingerprint density at radius 1 is 0.426 bits per heavy atom. The molecule has 101 heavy (non-hydrogen) atoms. The van der Waals surface area contributed by atoms with E-state index in [1.807, 2.05) is 0 Å². The predicted molar refractivity (Wildman–Crippen MR) is 393 cm³/mol. The summed E-state index contributed by atoms with van der Waals surface area (Å²) >= 11 is 0. The first-order valence-electron chi connectivity index (χ1n) is 39.2. The van der Waals surface area contributed by atoms with Crippen LogP contribution in [0.1, 0.15) is 348 Å². The largest absolute Gasteiger partial charge is 0.778 e. The first kappa shape index (κ1) is 103. The maximum Gasteiger partial charge on any atom is 0.306 e. The van der Waals surface area contributed by atoms with Crippen LogP contribution in [0.25, 0.3) is 10.4 Å². The standard InChI is InChI=1S/C76H140N4O17P2.2Y/c1-4-7-10-13-16-19-22-25-28-31-34-37-40-45-50-56-73(83)91-66-70(96-75(85)58-52-46-41-38-35-32-29-26-23-20-17-14-11-8-5-2)60-63-98(87,88)93-64-69(81)65-94-99(89,90)95-68-71(67-92-74(84)57-51-48-43-44-49-55-72(82)78-61-54-62-79-80-77)97-76(86)59-53-47-42-39-36-33-30-27-24-21-18-15-12-9-6-3;;/h25-30,69-71,81H,4-24,31-68H2,1-3H3,(H,78,82)(H,87,88)(H,89,90);;/p-2/b28-25-,29-26-,30-27-;;/t69?,70-,71+;;/m0../s1. The van der Waals surface area contributed by atoms with E-state index in [1.54, 1.807) is 0 Å². The summed E-state index contributed by atoms with van der Waals surface area (Å²) in [5.74, 6) is -2.35. The van der Waals surface area contributed by atoms with E-state index >= 15 is 0 Å². The topological polar surface area (TPSA) is 311 Å². The number of hydrogen-bond acceptors (Lipinski definition) is 18. The number of hydrogen-bond donors (Lipinski definition) is 2. The minimum atomic E-state index is -5.25. The van der Waals surface area contributed by atoms with Crippen LogP contribution in [0.3, 0.4) is 0 Å². The Kier molecular flexibility index (Phi) is 79.8. The molecule has 0 aliphatic carbocycles. The Bertz CT molecular complexity index is 2210. The van der Waals surface area contributed by atoms with Crippen LogP contribution < -0.4 is 15.1 Å². The van der Waals surface area contributed by atoms with Crippen molar-refractivity contribution < 1.29 is 146 Å². The second-order valence-electron chi connectivity index (χ2n) is 26.6. The van der Waals surface area contributed by atoms with Gasteiger partial charge in [0.05, 0.1) is 19.8 Å². The summed E-state index contributed by atoms with van der Waals surface area (Å²) in [6.45, 7) is 3.91. The quantitative estimate of drug-likeness (QED) is 0.00835. The maximum absolute atomic E-state index is 13.2. The molecule has 0 aromatic heterocycles. The number of aliphatic hydroxyl groups excluding tert-OH is 1. The number of nitrogens with zero attached hydrogens (tertiary/aromatic N) is 3. The van der Waals surface area contributed by atoms with E-state index in [9.17, 15) is 48.0 Å². The minimum Gasteiger partial charge on any atom is -0.778 e. The van der Waals surface area contributed by atoms with Crippen molar-refractivity contribution in [3.63, 3.8) is 0 Å². The summed E-state index contributed by atoms with van der Waals surface area (Å²) in [6.07, 6.45) is 56.0. The monoisotopic (exact) mass is 1620 g/mol. The van der Waals surface area contributed by atoms with Gasteiger partial charge in [-0.05, 0) is 128 Å². The van der Waals surface area contributed by atoms with Gasteiger partial charge in [0.25, 0.3) is 7.82 Å². The summed E-state index contributed by atoms with van der Waals surface area (Å²) in [5, 5.41) is 16.8. The zero-order valence-corrected chi connectivity index (χ0v) is 70.8. The number of phosphoric ester groups is 1. The second-order valence-corrected chi connectivity index (χ2v) is 30.0. The molecule has 21 nitrogen and oxygen atoms in total. The van der Waals surface area contributed by atoms with E-state index in [0.29, 0.717) is 64.5 Å². The van der Waals surface area contributed by atoms with Gasteiger partial charge in [-0.2, -0.15) is 0 Å². The fourth-order valence-electron chi connectivity index (χ4n) is 10.9. The van der Waals surface area contributed by atoms with Crippen LogP contribution in [0.2, 0.25) is 0 Å². The van der Waals surface area contributed by atoms with Gasteiger partial charge in [0.15, 0.2) is 6.10 Å². The second kappa shape index (κ2) is 77.9. The summed E-state index contributed by atoms with van der Waals surface area (Å²) in [7, 11) is -10.0. The summed E-state index contributed by atoms with van der Waals surface area (Å²) in [6, 6.07) is 0. The van der Waals surface area contributed by atoms with Crippen LogP contribution in [-0.4, -0.2) is 105 Å². The number of aliphatic hydroxyl groups is 1. The number of amides is 1. The van der Waals surface area contributed by atoms with Gasteiger partial charge in [0.1, 0.15) is 33.0 Å². The van der Waals surface area contributed by atoms with Gasteiger partial charge in [-0.15, -0.1) is 0 Å². The molecule has 0 fully saturated rings. The molecule has 5 atom stereocenters. The molecule has 2 radical (unpaired) electrons. The molecule has 0 heterocycles. The Morgan fingerprint density at radius 2 is 0.743 bits per heavy atom. The molecule has 2 N–H and O–H groups in total. The Balaban J connectivity index is -0.0000480. The number of azide groups is 1. The fourth-order valence-corrected chi connectivity index (χ4v) is 12.8. The Labute approximate surface area is 661 Å². The van der Waals surface area contributed by atoms with Crippen molar-refractivity contribution in [2.75, 3.05) is 52.3 Å². The van der Waals surface area contributed by atoms with Crippen LogP contribution >= 0.6 is 15.4 Å². The molecule has 0 aromatic carbocycles. The molecule has 0 aliphatic heterocycles. The molecule has 1 amide bonds. The molecule has 3 unspecified atom stereocenters. The first-order chi connectivity index (χ1) is 48.1. The van der Waals surface area contributed by atoms with Crippen LogP contribution in [-0.2, 0) is 131 Å². The number of unbranched alkanes of at least 4 members (excludes halogenated alkanes) is 37. The zero-order valence-electron chi connectivity index (χ0n) is 63.3. The molecule has 0 rings (SSSR count). The molecular formula is C76H138N4O17P2Y2-2. The van der Waals surface area contributed by atoms with Gasteiger partial charge < -0.3 is 57.3 Å². The van der Waals surface area contributed by atoms with Gasteiger partial charge in [-0.1, -0.05) is 236 Å². The van der Waals surface area contributed by atoms with Crippen molar-refractivity contribution in [2.24, 2.45) is 5.11 Å². The van der Waals surface area contributed by atoms with Crippen molar-refractivity contribution in [2.45, 2.75) is 367 Å². The third-order valence-electron chi connectivity index (χ3n) is 17.0. The summed E-state index contributed by atoms with van der Waals surface area (Å²) in [4.78, 5) is 92.5. The number of phosphoric acid groups is 1. The van der Waals surface area contributed by atoms with E-state index in [0.717, 1.165) is 128 Å². The van der Waals surface area contributed by atoms with E-state index in [2.05, 4.69) is 72.6 Å². The molecule has 0 saturated carbocycles. The molecule has 582 valence electrons. The Morgan fingerprint density at radius 3 is 1.13 bits per heavy atom. The SMILES string of the molecule is CCCCCCCC/C=C\CCCCCCCC(=O)OC[C@H](CCP(=O)([O-])OCC(O)COP(=O)([O-])OC[C@@H](COC(=O)CCCCCCCC(=O)NCCCN=[N+]=[N-])OC(=O)CCCCCCC/C=C\CCCCCCCC)OC(=O)CCCCCCC/C=C\CCCCCCCC.[Y].[Y]. The average molecular weight is 1620 g/mol. The number of esters is 4. The molecule has 0 aliphatic rings. The maximum atomic E-state index is 13.2. The van der Waals surface area contributed by atoms with Crippen molar-refractivity contribution in [1.29, 1.82) is 0 Å². The molecule has 0 saturated heterocycles. The number of carbonyl (C=O) groups is 5. The fraction of sp³-hybridized carbons (Fsp3) is 0.855. The number of rotatable bonds is 75. The molecule has 25 heteroatoms. The molecular weight excluding hydrogens is 1480 g/mol. The zero-order chi connectivity index (χ0) is 72.7. The normalized spacial score (nSPS) is 13.6. The van der Waals surface area contributed by atoms with Crippen molar-refractivity contribution >= 4 is 45.2 Å². The van der Waals surface area contributed by atoms with Gasteiger partial charge in [-0.25, -0.2) is 0 Å². The smallest absolute Gasteiger partial charge is 0.306 e. The van der Waals surface area contributed by atoms with Crippen molar-refractivity contribution in [3.05, 3.63) is 46.9 Å². The van der Waals surface area contributed by atoms with Crippen molar-refractivity contribution in [1.82, 2.24) is 5.32 Å². The molecule has 0 aromatic rings. The third kappa shape index (κ3) is 77.7. The van der Waals surface area contributed by atoms with E-state index in [4.69, 9.17) is 38.0 Å². The first-order valence-corrected chi connectivity index (χ1v) is 42.4. The van der Waals surface area contributed by atoms with E-state index < -0.39 is 90.2 Å². The van der Waals surface area contributed by atoms with Crippen LogP contribution in [0, 0.1) is 0 Å². The van der Waals surface area contributed by atoms with E-state index in [1.165, 1.54) is 116 Å². The number of ether oxygens (including phenoxy) is 4. The van der Waals surface area contributed by atoms with Gasteiger partial charge in [0, 0.05) is 122 Å². The number of nitrogens with one attached hydrogen (secondary N) is 1. The van der Waals surface area contributed by atoms with Crippen LogP contribution in [0.15, 0.2) is 41.6 Å². The predicted octanol–water partition coefficient (Wildman–Crippen LogP) is 19.4. The van der Waals surface area contributed by atoms with Gasteiger partial charge in [-0.3, -0.25) is 28.5 Å². The minimum absolute atomic E-state index is 0.